The van der Waals surface area contributed by atoms with Crippen LogP contribution < -0.4 is 0 Å². The maximum Gasteiger partial charge on any atom is 0.361 e. The van der Waals surface area contributed by atoms with Gasteiger partial charge in [-0.2, -0.15) is 20.6 Å². The van der Waals surface area contributed by atoms with Gasteiger partial charge in [0.15, 0.2) is 0 Å². The van der Waals surface area contributed by atoms with Gasteiger partial charge in [-0.05, 0) is 169 Å². The van der Waals surface area contributed by atoms with E-state index in [1.807, 2.05) is 229 Å². The summed E-state index contributed by atoms with van der Waals surface area (Å²) in [6.45, 7) is 22.4. The summed E-state index contributed by atoms with van der Waals surface area (Å²) >= 11 is 14.8. The third-order valence-corrected chi connectivity index (χ3v) is 10.7. The Morgan fingerprint density at radius 2 is 0.419 bits per heavy atom. The molecular formula is C64H68N12Ni2O4S4. The molecule has 86 heavy (non-hydrogen) atoms. The monoisotopic (exact) mass is 1310 g/mol. The molecule has 0 spiro atoms. The van der Waals surface area contributed by atoms with Crippen molar-refractivity contribution in [2.24, 2.45) is 0 Å². The zero-order valence-electron chi connectivity index (χ0n) is 49.7. The van der Waals surface area contributed by atoms with E-state index in [1.165, 1.54) is 20.6 Å². The molecule has 0 amide bonds. The molecule has 0 radical (unpaired) electrons. The van der Waals surface area contributed by atoms with Crippen molar-refractivity contribution < 1.29 is 52.0 Å². The van der Waals surface area contributed by atoms with Crippen molar-refractivity contribution in [2.45, 2.75) is 105 Å². The Kier molecular flexibility index (Phi) is 38.4. The molecular weight excluding hydrogens is 1250 g/mol. The first kappa shape index (κ1) is 80.1. The summed E-state index contributed by atoms with van der Waals surface area (Å²) in [6.07, 6.45) is 6.95. The molecule has 0 fully saturated rings. The van der Waals surface area contributed by atoms with Gasteiger partial charge in [-0.15, -0.1) is 0 Å². The van der Waals surface area contributed by atoms with Crippen molar-refractivity contribution in [3.63, 3.8) is 0 Å². The van der Waals surface area contributed by atoms with Crippen LogP contribution in [0.5, 0.6) is 0 Å². The summed E-state index contributed by atoms with van der Waals surface area (Å²) in [5, 5.41) is 33.9. The molecule has 4 aromatic heterocycles. The first-order valence-corrected chi connectivity index (χ1v) is 27.2. The van der Waals surface area contributed by atoms with Crippen molar-refractivity contribution in [2.75, 3.05) is 0 Å². The number of nitrogens with zero attached hydrogens (tertiary/aromatic N) is 12. The van der Waals surface area contributed by atoms with Crippen molar-refractivity contribution in [3.8, 4) is 44.5 Å². The Hall–Kier alpha value is -7.93. The second-order valence-electron chi connectivity index (χ2n) is 21.3. The number of aromatic nitrogens is 4. The van der Waals surface area contributed by atoms with Gasteiger partial charge in [0, 0.05) is 79.5 Å². The number of benzene rings is 4. The fourth-order valence-electron chi connectivity index (χ4n) is 6.60. The Bertz CT molecular complexity index is 2980. The van der Waals surface area contributed by atoms with E-state index in [1.54, 1.807) is 49.1 Å². The maximum absolute atomic E-state index is 12.0. The van der Waals surface area contributed by atoms with Crippen molar-refractivity contribution in [1.29, 1.82) is 0 Å². The van der Waals surface area contributed by atoms with Crippen LogP contribution in [0.2, 0.25) is 0 Å². The Balaban J connectivity index is 0. The predicted molar refractivity (Wildman–Crippen MR) is 355 cm³/mol. The Morgan fingerprint density at radius 1 is 0.279 bits per heavy atom. The molecule has 4 heterocycles. The normalized spacial score (nSPS) is 9.81. The van der Waals surface area contributed by atoms with Crippen molar-refractivity contribution in [3.05, 3.63) is 236 Å². The SMILES string of the molecule is CC(C)(C)[N+](=O)c1ccc(-c2ccccc2)cn1.CC(C)(C)[N+](=O)c1ccc(-c2ccccc2)cn1.CC(C)(C)[N+](=O)c1ccc(-c2ccccc2)cn1.CC(C)(C)[N+](=O)c1ccc(-c2ccccc2)cn1.[N-]=C=S.[N-]=C=S.[N-]=C=S.[N-]=C=S.[Ni].[Ni]. The van der Waals surface area contributed by atoms with Crippen LogP contribution in [0.1, 0.15) is 83.1 Å². The van der Waals surface area contributed by atoms with Gasteiger partial charge in [-0.25, -0.2) is 0 Å². The summed E-state index contributed by atoms with van der Waals surface area (Å²) in [5.74, 6) is 1.79. The molecule has 16 nitrogen and oxygen atoms in total. The third kappa shape index (κ3) is 29.7. The molecule has 0 unspecified atom stereocenters. The number of pyridine rings is 4. The van der Waals surface area contributed by atoms with Crippen LogP contribution in [0.3, 0.4) is 0 Å². The quantitative estimate of drug-likeness (QED) is 0.0600. The van der Waals surface area contributed by atoms with Crippen molar-refractivity contribution >= 4 is 92.8 Å². The summed E-state index contributed by atoms with van der Waals surface area (Å²) in [5.41, 5.74) is 6.58. The van der Waals surface area contributed by atoms with Gasteiger partial charge in [-0.3, -0.25) is 0 Å². The predicted octanol–water partition coefficient (Wildman–Crippen LogP) is 18.5. The molecule has 22 heteroatoms. The van der Waals surface area contributed by atoms with E-state index in [-0.39, 0.29) is 33.0 Å². The van der Waals surface area contributed by atoms with Gasteiger partial charge in [0.05, 0.1) is 0 Å². The zero-order valence-corrected chi connectivity index (χ0v) is 55.0. The number of hydrogen-bond acceptors (Lipinski definition) is 12. The van der Waals surface area contributed by atoms with Gasteiger partial charge >= 0.3 is 23.3 Å². The van der Waals surface area contributed by atoms with E-state index in [9.17, 15) is 19.6 Å². The van der Waals surface area contributed by atoms with Gasteiger partial charge in [-0.1, -0.05) is 190 Å². The average molecular weight is 1310 g/mol. The third-order valence-electron chi connectivity index (χ3n) is 10.7. The maximum atomic E-state index is 12.0. The van der Waals surface area contributed by atoms with Gasteiger partial charge < -0.3 is 21.6 Å². The molecule has 0 aliphatic heterocycles. The second kappa shape index (κ2) is 41.2. The minimum Gasteiger partial charge on any atom is -0.753 e. The van der Waals surface area contributed by atoms with Crippen LogP contribution in [0.15, 0.2) is 195 Å². The standard InChI is InChI=1S/4C15H17N2O.4CNS.2Ni/c4*1-15(2,3)17(18)14-10-9-13(11-16-14)12-7-5-4-6-8-12;4*2-1-3;;/h4*4-11H,1-3H3;;;;;;/q4*+1;4*-1;;. The van der Waals surface area contributed by atoms with Gasteiger partial charge in [0.1, 0.15) is 46.9 Å². The van der Waals surface area contributed by atoms with Crippen LogP contribution >= 0.6 is 48.9 Å². The molecule has 0 aliphatic carbocycles. The number of thiocarbonyl (C=S) groups is 4. The van der Waals surface area contributed by atoms with E-state index in [0.717, 1.165) is 63.5 Å². The summed E-state index contributed by atoms with van der Waals surface area (Å²) in [7, 11) is 0. The fourth-order valence-corrected chi connectivity index (χ4v) is 6.60. The summed E-state index contributed by atoms with van der Waals surface area (Å²) in [6, 6.07) is 54.7. The van der Waals surface area contributed by atoms with E-state index in [0.29, 0.717) is 23.3 Å². The average Bonchev–Trinajstić information content (AvgIpc) is 3.69. The molecule has 0 N–H and O–H groups in total. The Labute approximate surface area is 546 Å². The van der Waals surface area contributed by atoms with Crippen molar-refractivity contribution in [1.82, 2.24) is 19.9 Å². The molecule has 4 aromatic carbocycles. The van der Waals surface area contributed by atoms with E-state index in [4.69, 9.17) is 21.6 Å². The van der Waals surface area contributed by atoms with Crippen LogP contribution in [0, 0.1) is 19.6 Å². The first-order valence-electron chi connectivity index (χ1n) is 25.6. The molecule has 0 bridgehead atoms. The Morgan fingerprint density at radius 3 is 0.523 bits per heavy atom. The molecule has 0 saturated carbocycles. The zero-order chi connectivity index (χ0) is 63.5. The topological polar surface area (TPSA) is 221 Å². The minimum atomic E-state index is -0.471. The second-order valence-corrected chi connectivity index (χ2v) is 22.0. The number of nitroso groups, excluding NO2 is 4. The van der Waals surface area contributed by atoms with Crippen LogP contribution in [0.25, 0.3) is 66.1 Å². The van der Waals surface area contributed by atoms with Crippen LogP contribution in [-0.4, -0.2) is 81.8 Å². The number of rotatable bonds is 8. The molecule has 0 saturated heterocycles. The minimum absolute atomic E-state index is 0. The summed E-state index contributed by atoms with van der Waals surface area (Å²) < 4.78 is 3.73. The van der Waals surface area contributed by atoms with E-state index in [2.05, 4.69) is 68.8 Å². The fraction of sp³-hybridized carbons (Fsp3) is 0.250. The van der Waals surface area contributed by atoms with Crippen LogP contribution in [-0.2, 0) is 33.0 Å². The first-order chi connectivity index (χ1) is 39.6. The van der Waals surface area contributed by atoms with Crippen LogP contribution in [0.4, 0.5) is 23.3 Å². The number of isothiocyanates is 4. The van der Waals surface area contributed by atoms with Gasteiger partial charge in [0.2, 0.25) is 0 Å². The summed E-state index contributed by atoms with van der Waals surface area (Å²) in [4.78, 5) is 64.8. The smallest absolute Gasteiger partial charge is 0.361 e. The number of hydrogen-bond donors (Lipinski definition) is 0. The van der Waals surface area contributed by atoms with E-state index >= 15 is 0 Å². The van der Waals surface area contributed by atoms with E-state index < -0.39 is 22.2 Å². The largest absolute Gasteiger partial charge is 0.753 e. The molecule has 8 rings (SSSR count). The molecule has 452 valence electrons. The molecule has 0 atom stereocenters. The molecule has 8 aromatic rings. The molecule has 0 aliphatic rings. The van der Waals surface area contributed by atoms with Gasteiger partial charge in [0.25, 0.3) is 0 Å².